The van der Waals surface area contributed by atoms with E-state index >= 15 is 0 Å². The molecule has 0 amide bonds. The molecule has 0 spiro atoms. The maximum absolute atomic E-state index is 6.05. The zero-order valence-electron chi connectivity index (χ0n) is 13.6. The van der Waals surface area contributed by atoms with Crippen LogP contribution in [0.5, 0.6) is 0 Å². The lowest BCUT2D eigenvalue weighted by atomic mass is 9.65. The highest BCUT2D eigenvalue weighted by Crippen LogP contribution is 2.44. The van der Waals surface area contributed by atoms with E-state index in [0.29, 0.717) is 12.6 Å². The van der Waals surface area contributed by atoms with E-state index in [0.717, 1.165) is 17.7 Å². The van der Waals surface area contributed by atoms with Crippen molar-refractivity contribution in [1.82, 2.24) is 0 Å². The third kappa shape index (κ3) is 4.11. The molecule has 2 unspecified atom stereocenters. The summed E-state index contributed by atoms with van der Waals surface area (Å²) in [7, 11) is 3.42. The molecular formula is C16H26IN3O2. The monoisotopic (exact) mass is 419 g/mol. The standard InChI is InChI=1S/C16H25N3O2.HI/c1-16(2)13(9-14(16)21-4)19-15(17)18-12-8-6-5-7-11(12)10-20-3;/h5-8,13-14H,9-10H2,1-4H3,(H3,17,18,19);1H. The summed E-state index contributed by atoms with van der Waals surface area (Å²) < 4.78 is 10.6. The number of para-hydroxylation sites is 1. The van der Waals surface area contributed by atoms with E-state index in [9.17, 15) is 0 Å². The van der Waals surface area contributed by atoms with Crippen molar-refractivity contribution in [3.05, 3.63) is 29.8 Å². The molecule has 1 aliphatic carbocycles. The van der Waals surface area contributed by atoms with Crippen LogP contribution in [0.3, 0.4) is 0 Å². The van der Waals surface area contributed by atoms with E-state index in [4.69, 9.17) is 15.2 Å². The third-order valence-corrected chi connectivity index (χ3v) is 4.29. The first-order chi connectivity index (χ1) is 9.98. The number of nitrogens with one attached hydrogen (secondary N) is 1. The van der Waals surface area contributed by atoms with Crippen LogP contribution in [0.25, 0.3) is 0 Å². The summed E-state index contributed by atoms with van der Waals surface area (Å²) >= 11 is 0. The van der Waals surface area contributed by atoms with E-state index in [1.807, 2.05) is 24.3 Å². The summed E-state index contributed by atoms with van der Waals surface area (Å²) in [6, 6.07) is 8.10. The molecule has 1 aromatic carbocycles. The predicted molar refractivity (Wildman–Crippen MR) is 101 cm³/mol. The molecule has 22 heavy (non-hydrogen) atoms. The smallest absolute Gasteiger partial charge is 0.193 e. The summed E-state index contributed by atoms with van der Waals surface area (Å²) in [6.45, 7) is 4.85. The molecular weight excluding hydrogens is 393 g/mol. The lowest BCUT2D eigenvalue weighted by Gasteiger charge is -2.48. The first kappa shape index (κ1) is 19.2. The molecule has 6 heteroatoms. The van der Waals surface area contributed by atoms with Gasteiger partial charge in [-0.1, -0.05) is 32.0 Å². The average Bonchev–Trinajstić information content (AvgIpc) is 2.45. The fraction of sp³-hybridized carbons (Fsp3) is 0.562. The van der Waals surface area contributed by atoms with Gasteiger partial charge >= 0.3 is 0 Å². The van der Waals surface area contributed by atoms with Crippen molar-refractivity contribution in [3.63, 3.8) is 0 Å². The fourth-order valence-corrected chi connectivity index (χ4v) is 2.75. The predicted octanol–water partition coefficient (Wildman–Crippen LogP) is 2.99. The number of guanidine groups is 1. The van der Waals surface area contributed by atoms with Crippen LogP contribution in [-0.2, 0) is 16.1 Å². The zero-order valence-corrected chi connectivity index (χ0v) is 16.0. The Kier molecular flexibility index (Phi) is 7.08. The number of nitrogens with zero attached hydrogens (tertiary/aromatic N) is 1. The molecule has 2 atom stereocenters. The summed E-state index contributed by atoms with van der Waals surface area (Å²) in [5.74, 6) is 0.436. The van der Waals surface area contributed by atoms with Gasteiger partial charge in [-0.05, 0) is 12.5 Å². The van der Waals surface area contributed by atoms with Crippen LogP contribution in [0, 0.1) is 5.41 Å². The average molecular weight is 419 g/mol. The Balaban J connectivity index is 0.00000242. The Labute approximate surface area is 149 Å². The maximum Gasteiger partial charge on any atom is 0.193 e. The van der Waals surface area contributed by atoms with Gasteiger partial charge in [0, 0.05) is 30.9 Å². The minimum absolute atomic E-state index is 0. The lowest BCUT2D eigenvalue weighted by Crippen LogP contribution is -2.54. The van der Waals surface area contributed by atoms with Crippen molar-refractivity contribution < 1.29 is 9.47 Å². The van der Waals surface area contributed by atoms with Crippen molar-refractivity contribution in [3.8, 4) is 0 Å². The topological polar surface area (TPSA) is 68.9 Å². The minimum Gasteiger partial charge on any atom is -0.381 e. The largest absolute Gasteiger partial charge is 0.381 e. The minimum atomic E-state index is 0. The molecule has 0 bridgehead atoms. The Bertz CT molecular complexity index is 520. The fourth-order valence-electron chi connectivity index (χ4n) is 2.75. The summed E-state index contributed by atoms with van der Waals surface area (Å²) in [6.07, 6.45) is 1.16. The molecule has 3 N–H and O–H groups in total. The second-order valence-corrected chi connectivity index (χ2v) is 6.03. The van der Waals surface area contributed by atoms with E-state index < -0.39 is 0 Å². The van der Waals surface area contributed by atoms with Gasteiger partial charge in [-0.2, -0.15) is 0 Å². The molecule has 1 aliphatic rings. The van der Waals surface area contributed by atoms with Crippen LogP contribution in [0.2, 0.25) is 0 Å². The van der Waals surface area contributed by atoms with Crippen molar-refractivity contribution in [1.29, 1.82) is 0 Å². The SMILES string of the molecule is COCc1ccccc1NC(N)=NC1CC(OC)C1(C)C.I. The van der Waals surface area contributed by atoms with E-state index in [1.165, 1.54) is 0 Å². The molecule has 0 aromatic heterocycles. The van der Waals surface area contributed by atoms with Gasteiger partial charge in [0.15, 0.2) is 5.96 Å². The first-order valence-corrected chi connectivity index (χ1v) is 7.19. The molecule has 2 rings (SSSR count). The van der Waals surface area contributed by atoms with Gasteiger partial charge in [0.05, 0.1) is 18.8 Å². The van der Waals surface area contributed by atoms with Gasteiger partial charge < -0.3 is 20.5 Å². The number of halogens is 1. The van der Waals surface area contributed by atoms with Crippen molar-refractivity contribution >= 4 is 35.6 Å². The number of benzene rings is 1. The van der Waals surface area contributed by atoms with Crippen LogP contribution in [0.1, 0.15) is 25.8 Å². The number of hydrogen-bond acceptors (Lipinski definition) is 3. The zero-order chi connectivity index (χ0) is 15.5. The highest BCUT2D eigenvalue weighted by Gasteiger charge is 2.48. The molecule has 0 saturated heterocycles. The molecule has 1 fully saturated rings. The Hall–Kier alpha value is -0.860. The van der Waals surface area contributed by atoms with E-state index in [1.54, 1.807) is 14.2 Å². The van der Waals surface area contributed by atoms with Crippen molar-refractivity contribution in [2.45, 2.75) is 39.0 Å². The van der Waals surface area contributed by atoms with Crippen LogP contribution >= 0.6 is 24.0 Å². The van der Waals surface area contributed by atoms with Crippen LogP contribution in [0.4, 0.5) is 5.69 Å². The quantitative estimate of drug-likeness (QED) is 0.438. The summed E-state index contributed by atoms with van der Waals surface area (Å²) in [5.41, 5.74) is 8.06. The number of aliphatic imine (C=N–C) groups is 1. The van der Waals surface area contributed by atoms with E-state index in [2.05, 4.69) is 24.2 Å². The second-order valence-electron chi connectivity index (χ2n) is 6.03. The number of anilines is 1. The Morgan fingerprint density at radius 3 is 2.64 bits per heavy atom. The van der Waals surface area contributed by atoms with Gasteiger partial charge in [0.1, 0.15) is 0 Å². The molecule has 124 valence electrons. The molecule has 1 saturated carbocycles. The van der Waals surface area contributed by atoms with Crippen LogP contribution in [0.15, 0.2) is 29.3 Å². The van der Waals surface area contributed by atoms with Gasteiger partial charge in [0.2, 0.25) is 0 Å². The number of methoxy groups -OCH3 is 2. The third-order valence-electron chi connectivity index (χ3n) is 4.29. The molecule has 0 heterocycles. The highest BCUT2D eigenvalue weighted by atomic mass is 127. The number of nitrogens with two attached hydrogens (primary N) is 1. The van der Waals surface area contributed by atoms with Crippen molar-refractivity contribution in [2.24, 2.45) is 16.1 Å². The molecule has 0 radical (unpaired) electrons. The van der Waals surface area contributed by atoms with Crippen LogP contribution < -0.4 is 11.1 Å². The van der Waals surface area contributed by atoms with Gasteiger partial charge in [-0.15, -0.1) is 24.0 Å². The molecule has 5 nitrogen and oxygen atoms in total. The van der Waals surface area contributed by atoms with Gasteiger partial charge in [-0.25, -0.2) is 4.99 Å². The van der Waals surface area contributed by atoms with Gasteiger partial charge in [0.25, 0.3) is 0 Å². The number of rotatable bonds is 5. The van der Waals surface area contributed by atoms with Gasteiger partial charge in [-0.3, -0.25) is 0 Å². The number of hydrogen-bond donors (Lipinski definition) is 2. The second kappa shape index (κ2) is 8.12. The highest BCUT2D eigenvalue weighted by molar-refractivity contribution is 14.0. The number of ether oxygens (including phenoxy) is 2. The first-order valence-electron chi connectivity index (χ1n) is 7.19. The van der Waals surface area contributed by atoms with E-state index in [-0.39, 0.29) is 41.5 Å². The molecule has 1 aromatic rings. The van der Waals surface area contributed by atoms with Crippen LogP contribution in [-0.4, -0.2) is 32.3 Å². The summed E-state index contributed by atoms with van der Waals surface area (Å²) in [5, 5.41) is 3.17. The molecule has 0 aliphatic heterocycles. The van der Waals surface area contributed by atoms with Crippen molar-refractivity contribution in [2.75, 3.05) is 19.5 Å². The Morgan fingerprint density at radius 2 is 2.05 bits per heavy atom. The summed E-state index contributed by atoms with van der Waals surface area (Å²) in [4.78, 5) is 4.59. The lowest BCUT2D eigenvalue weighted by molar-refractivity contribution is -0.0850. The Morgan fingerprint density at radius 1 is 1.36 bits per heavy atom. The normalized spacial score (nSPS) is 23.4. The maximum atomic E-state index is 6.05.